The second-order valence-electron chi connectivity index (χ2n) is 15.4. The molecule has 4 heterocycles. The Kier molecular flexibility index (Phi) is 13.1. The highest BCUT2D eigenvalue weighted by molar-refractivity contribution is 9.10. The fraction of sp³-hybridized carbons (Fsp3) is 0.312. The Hall–Kier alpha value is -4.71. The number of carbonyl (C=O) groups is 1. The fourth-order valence-corrected chi connectivity index (χ4v) is 8.94. The molecule has 4 aromatic heterocycles. The minimum absolute atomic E-state index is 0.000912. The van der Waals surface area contributed by atoms with Crippen LogP contribution in [0.2, 0.25) is 0 Å². The number of aromatic nitrogens is 4. The summed E-state index contributed by atoms with van der Waals surface area (Å²) in [5.74, 6) is -0.817. The van der Waals surface area contributed by atoms with Gasteiger partial charge < -0.3 is 9.84 Å². The van der Waals surface area contributed by atoms with Crippen LogP contribution in [0.1, 0.15) is 109 Å². The van der Waals surface area contributed by atoms with Gasteiger partial charge in [-0.15, -0.1) is 0 Å². The van der Waals surface area contributed by atoms with Gasteiger partial charge in [0.1, 0.15) is 20.8 Å². The van der Waals surface area contributed by atoms with Gasteiger partial charge in [-0.2, -0.15) is 0 Å². The van der Waals surface area contributed by atoms with Gasteiger partial charge in [0.25, 0.3) is 0 Å². The van der Waals surface area contributed by atoms with Crippen molar-refractivity contribution in [1.29, 1.82) is 0 Å². The van der Waals surface area contributed by atoms with Crippen molar-refractivity contribution in [3.63, 3.8) is 0 Å². The molecule has 0 radical (unpaired) electrons. The molecule has 0 fully saturated rings. The number of pyridine rings is 4. The first-order chi connectivity index (χ1) is 28.4. The Bertz CT molecular complexity index is 2530. The fourth-order valence-electron chi connectivity index (χ4n) is 8.25. The lowest BCUT2D eigenvalue weighted by Gasteiger charge is -2.22. The molecule has 2 aromatic carbocycles. The van der Waals surface area contributed by atoms with Crippen molar-refractivity contribution in [2.45, 2.75) is 91.6 Å². The SMILES string of the molecule is CC(C)c1nc2c(c(-c3ccc(F)cc3)c1CO)CCCc1nc(Br)ccc1-2.CCOC(=O)c1c(C(C)C)nc2c(c1-c1ccc(F)cc1)CCCc1nc(Br)ccc1-2. The number of aliphatic hydroxyl groups is 1. The molecule has 0 spiro atoms. The van der Waals surface area contributed by atoms with E-state index in [1.165, 1.54) is 24.3 Å². The summed E-state index contributed by atoms with van der Waals surface area (Å²) in [6, 6.07) is 20.8. The van der Waals surface area contributed by atoms with Gasteiger partial charge >= 0.3 is 5.97 Å². The molecule has 1 N–H and O–H groups in total. The second kappa shape index (κ2) is 18.3. The van der Waals surface area contributed by atoms with Gasteiger partial charge in [0.2, 0.25) is 0 Å². The molecule has 8 rings (SSSR count). The standard InChI is InChI=1S/C25H24BrFN2O2.C23H22BrFN2O/c1-4-31-25(30)22-21(15-8-10-16(27)11-9-15)18-6-5-7-19-17(12-13-20(26)28-19)24(18)29-23(22)14(2)3;1-13(2)22-18(12-28)21(14-6-8-15(25)9-7-14)17-4-3-5-19-16(23(17)27-22)10-11-20(24)26-19/h8-14H,4-7H2,1-3H3;6-11,13,28H,3-5,12H2,1-2H3. The predicted octanol–water partition coefficient (Wildman–Crippen LogP) is 12.3. The molecular weight excluding hydrogens is 878 g/mol. The van der Waals surface area contributed by atoms with Gasteiger partial charge in [-0.25, -0.2) is 23.5 Å². The van der Waals surface area contributed by atoms with Crippen molar-refractivity contribution in [2.75, 3.05) is 6.61 Å². The van der Waals surface area contributed by atoms with E-state index in [1.807, 2.05) is 32.0 Å². The number of aryl methyl sites for hydroxylation is 2. The molecule has 0 aliphatic heterocycles. The van der Waals surface area contributed by atoms with Gasteiger partial charge in [-0.1, -0.05) is 52.0 Å². The molecule has 0 saturated heterocycles. The van der Waals surface area contributed by atoms with Crippen molar-refractivity contribution in [3.8, 4) is 44.8 Å². The lowest BCUT2D eigenvalue weighted by atomic mass is 9.87. The van der Waals surface area contributed by atoms with Crippen LogP contribution in [0.25, 0.3) is 44.8 Å². The highest BCUT2D eigenvalue weighted by Crippen LogP contribution is 2.43. The number of esters is 1. The third-order valence-corrected chi connectivity index (χ3v) is 11.7. The maximum atomic E-state index is 13.7. The molecule has 0 bridgehead atoms. The lowest BCUT2D eigenvalue weighted by Crippen LogP contribution is -2.16. The van der Waals surface area contributed by atoms with Crippen molar-refractivity contribution < 1.29 is 23.4 Å². The first-order valence-electron chi connectivity index (χ1n) is 20.1. The first-order valence-corrected chi connectivity index (χ1v) is 21.7. The van der Waals surface area contributed by atoms with E-state index in [4.69, 9.17) is 14.7 Å². The summed E-state index contributed by atoms with van der Waals surface area (Å²) >= 11 is 6.95. The van der Waals surface area contributed by atoms with E-state index in [1.54, 1.807) is 31.2 Å². The molecule has 0 amide bonds. The van der Waals surface area contributed by atoms with E-state index in [0.717, 1.165) is 126 Å². The summed E-state index contributed by atoms with van der Waals surface area (Å²) < 4.78 is 34.3. The summed E-state index contributed by atoms with van der Waals surface area (Å²) in [6.45, 7) is 10.2. The van der Waals surface area contributed by atoms with Crippen LogP contribution >= 0.6 is 31.9 Å². The van der Waals surface area contributed by atoms with Crippen LogP contribution in [-0.4, -0.2) is 37.6 Å². The van der Waals surface area contributed by atoms with Crippen molar-refractivity contribution in [3.05, 3.63) is 139 Å². The normalized spacial score (nSPS) is 13.0. The number of carbonyl (C=O) groups excluding carboxylic acids is 1. The van der Waals surface area contributed by atoms with Gasteiger partial charge in [-0.3, -0.25) is 9.97 Å². The minimum Gasteiger partial charge on any atom is -0.462 e. The van der Waals surface area contributed by atoms with E-state index >= 15 is 0 Å². The molecule has 11 heteroatoms. The number of fused-ring (bicyclic) bond motifs is 6. The van der Waals surface area contributed by atoms with Crippen LogP contribution < -0.4 is 0 Å². The Morgan fingerprint density at radius 3 is 1.58 bits per heavy atom. The van der Waals surface area contributed by atoms with Gasteiger partial charge in [0.05, 0.1) is 47.2 Å². The number of ether oxygens (including phenoxy) is 1. The van der Waals surface area contributed by atoms with Crippen molar-refractivity contribution >= 4 is 37.8 Å². The maximum Gasteiger partial charge on any atom is 0.340 e. The summed E-state index contributed by atoms with van der Waals surface area (Å²) in [5, 5.41) is 10.2. The molecule has 0 atom stereocenters. The zero-order valence-electron chi connectivity index (χ0n) is 33.8. The van der Waals surface area contributed by atoms with Crippen LogP contribution in [0.15, 0.2) is 82.0 Å². The van der Waals surface area contributed by atoms with Gasteiger partial charge in [0.15, 0.2) is 0 Å². The number of nitrogens with zero attached hydrogens (tertiary/aromatic N) is 4. The van der Waals surface area contributed by atoms with Crippen LogP contribution in [0.3, 0.4) is 0 Å². The van der Waals surface area contributed by atoms with Crippen LogP contribution in [0.4, 0.5) is 8.78 Å². The second-order valence-corrected chi connectivity index (χ2v) is 17.0. The molecule has 7 nitrogen and oxygen atoms in total. The van der Waals surface area contributed by atoms with E-state index in [0.29, 0.717) is 11.3 Å². The third-order valence-electron chi connectivity index (χ3n) is 10.8. The number of benzene rings is 2. The zero-order chi connectivity index (χ0) is 42.0. The maximum absolute atomic E-state index is 13.7. The van der Waals surface area contributed by atoms with E-state index < -0.39 is 0 Å². The highest BCUT2D eigenvalue weighted by atomic mass is 79.9. The third kappa shape index (κ3) is 8.79. The Morgan fingerprint density at radius 2 is 1.12 bits per heavy atom. The number of rotatable bonds is 7. The van der Waals surface area contributed by atoms with Gasteiger partial charge in [-0.05, 0) is 165 Å². The quantitative estimate of drug-likeness (QED) is 0.126. The number of hydrogen-bond donors (Lipinski definition) is 1. The molecule has 6 aromatic rings. The molecule has 59 heavy (non-hydrogen) atoms. The summed E-state index contributed by atoms with van der Waals surface area (Å²) in [6.07, 6.45) is 5.11. The highest BCUT2D eigenvalue weighted by Gasteiger charge is 2.31. The number of halogens is 4. The average Bonchev–Trinajstić information content (AvgIpc) is 3.51. The number of aliphatic hydroxyl groups excluding tert-OH is 1. The van der Waals surface area contributed by atoms with Crippen molar-refractivity contribution in [2.24, 2.45) is 0 Å². The smallest absolute Gasteiger partial charge is 0.340 e. The summed E-state index contributed by atoms with van der Waals surface area (Å²) in [4.78, 5) is 32.6. The van der Waals surface area contributed by atoms with Crippen LogP contribution in [0.5, 0.6) is 0 Å². The molecule has 2 aliphatic rings. The van der Waals surface area contributed by atoms with E-state index in [-0.39, 0.29) is 42.7 Å². The summed E-state index contributed by atoms with van der Waals surface area (Å²) in [5.41, 5.74) is 14.3. The molecule has 0 unspecified atom stereocenters. The van der Waals surface area contributed by atoms with E-state index in [2.05, 4.69) is 61.7 Å². The monoisotopic (exact) mass is 922 g/mol. The molecule has 2 aliphatic carbocycles. The predicted molar refractivity (Wildman–Crippen MR) is 235 cm³/mol. The number of hydrogen-bond acceptors (Lipinski definition) is 7. The van der Waals surface area contributed by atoms with Crippen LogP contribution in [0, 0.1) is 11.6 Å². The summed E-state index contributed by atoms with van der Waals surface area (Å²) in [7, 11) is 0. The largest absolute Gasteiger partial charge is 0.462 e. The Morgan fingerprint density at radius 1 is 0.661 bits per heavy atom. The zero-order valence-corrected chi connectivity index (χ0v) is 37.0. The Balaban J connectivity index is 0.000000180. The molecule has 304 valence electrons. The average molecular weight is 925 g/mol. The first kappa shape index (κ1) is 42.4. The molecular formula is C48H46Br2F2N4O3. The van der Waals surface area contributed by atoms with E-state index in [9.17, 15) is 18.7 Å². The topological polar surface area (TPSA) is 98.1 Å². The lowest BCUT2D eigenvalue weighted by molar-refractivity contribution is 0.0524. The molecule has 0 saturated carbocycles. The Labute approximate surface area is 361 Å². The van der Waals surface area contributed by atoms with Crippen molar-refractivity contribution in [1.82, 2.24) is 19.9 Å². The van der Waals surface area contributed by atoms with Crippen LogP contribution in [-0.2, 0) is 37.0 Å². The van der Waals surface area contributed by atoms with Gasteiger partial charge in [0, 0.05) is 27.9 Å². The minimum atomic E-state index is -0.390.